The molecular weight excluding hydrogens is 234 g/mol. The van der Waals surface area contributed by atoms with E-state index >= 15 is 0 Å². The molecule has 2 aromatic rings. The van der Waals surface area contributed by atoms with Gasteiger partial charge in [0, 0.05) is 13.1 Å². The number of hydrogen-bond donors (Lipinski definition) is 1. The van der Waals surface area contributed by atoms with E-state index in [2.05, 4.69) is 40.2 Å². The zero-order valence-corrected chi connectivity index (χ0v) is 11.0. The van der Waals surface area contributed by atoms with Gasteiger partial charge in [0.1, 0.15) is 5.82 Å². The third-order valence-corrected chi connectivity index (χ3v) is 3.76. The molecule has 1 unspecified atom stereocenters. The van der Waals surface area contributed by atoms with E-state index in [-0.39, 0.29) is 0 Å². The van der Waals surface area contributed by atoms with Crippen LogP contribution in [0, 0.1) is 0 Å². The number of nitrogens with two attached hydrogens (primary N) is 1. The number of benzene rings is 1. The molecule has 3 nitrogen and oxygen atoms in total. The van der Waals surface area contributed by atoms with Crippen LogP contribution in [0.3, 0.4) is 0 Å². The van der Waals surface area contributed by atoms with Crippen LogP contribution < -0.4 is 5.73 Å². The van der Waals surface area contributed by atoms with Gasteiger partial charge >= 0.3 is 0 Å². The SMILES string of the molecule is Nc1cccc(CN2CCC(c3ccccc3)C2)n1. The highest BCUT2D eigenvalue weighted by molar-refractivity contribution is 5.29. The van der Waals surface area contributed by atoms with Crippen molar-refractivity contribution in [3.63, 3.8) is 0 Å². The molecule has 1 aliphatic rings. The highest BCUT2D eigenvalue weighted by Gasteiger charge is 2.23. The van der Waals surface area contributed by atoms with E-state index < -0.39 is 0 Å². The minimum absolute atomic E-state index is 0.608. The first-order valence-corrected chi connectivity index (χ1v) is 6.80. The summed E-state index contributed by atoms with van der Waals surface area (Å²) >= 11 is 0. The summed E-state index contributed by atoms with van der Waals surface area (Å²) in [6.45, 7) is 3.14. The van der Waals surface area contributed by atoms with E-state index in [1.54, 1.807) is 0 Å². The van der Waals surface area contributed by atoms with E-state index in [9.17, 15) is 0 Å². The first kappa shape index (κ1) is 12.2. The van der Waals surface area contributed by atoms with Gasteiger partial charge < -0.3 is 5.73 Å². The summed E-state index contributed by atoms with van der Waals surface area (Å²) in [5.41, 5.74) is 8.23. The molecule has 19 heavy (non-hydrogen) atoms. The van der Waals surface area contributed by atoms with Gasteiger partial charge in [-0.25, -0.2) is 4.98 Å². The summed E-state index contributed by atoms with van der Waals surface area (Å²) in [6, 6.07) is 16.6. The maximum atomic E-state index is 5.72. The molecule has 3 rings (SSSR count). The third-order valence-electron chi connectivity index (χ3n) is 3.76. The number of rotatable bonds is 3. The van der Waals surface area contributed by atoms with Crippen LogP contribution in [0.5, 0.6) is 0 Å². The number of likely N-dealkylation sites (tertiary alicyclic amines) is 1. The van der Waals surface area contributed by atoms with Crippen molar-refractivity contribution in [1.82, 2.24) is 9.88 Å². The van der Waals surface area contributed by atoms with Gasteiger partial charge in [-0.3, -0.25) is 4.90 Å². The second-order valence-corrected chi connectivity index (χ2v) is 5.19. The maximum Gasteiger partial charge on any atom is 0.123 e. The molecule has 1 aromatic carbocycles. The first-order chi connectivity index (χ1) is 9.31. The molecule has 0 spiro atoms. The molecular formula is C16H19N3. The van der Waals surface area contributed by atoms with Crippen molar-refractivity contribution >= 4 is 5.82 Å². The second-order valence-electron chi connectivity index (χ2n) is 5.19. The molecule has 2 N–H and O–H groups in total. The number of anilines is 1. The van der Waals surface area contributed by atoms with Crippen molar-refractivity contribution in [2.45, 2.75) is 18.9 Å². The van der Waals surface area contributed by atoms with E-state index in [4.69, 9.17) is 5.73 Å². The van der Waals surface area contributed by atoms with Gasteiger partial charge in [0.2, 0.25) is 0 Å². The Morgan fingerprint density at radius 2 is 1.95 bits per heavy atom. The van der Waals surface area contributed by atoms with E-state index in [1.807, 2.05) is 18.2 Å². The predicted molar refractivity (Wildman–Crippen MR) is 77.7 cm³/mol. The molecule has 1 atom stereocenters. The predicted octanol–water partition coefficient (Wildman–Crippen LogP) is 2.65. The maximum absolute atomic E-state index is 5.72. The Morgan fingerprint density at radius 3 is 2.74 bits per heavy atom. The molecule has 2 heterocycles. The van der Waals surface area contributed by atoms with E-state index in [0.29, 0.717) is 11.7 Å². The molecule has 0 radical (unpaired) electrons. The number of pyridine rings is 1. The minimum Gasteiger partial charge on any atom is -0.384 e. The lowest BCUT2D eigenvalue weighted by Crippen LogP contribution is -2.20. The second kappa shape index (κ2) is 5.41. The highest BCUT2D eigenvalue weighted by Crippen LogP contribution is 2.27. The average Bonchev–Trinajstić information content (AvgIpc) is 2.88. The number of hydrogen-bond acceptors (Lipinski definition) is 3. The molecule has 3 heteroatoms. The smallest absolute Gasteiger partial charge is 0.123 e. The Kier molecular flexibility index (Phi) is 3.47. The fourth-order valence-corrected chi connectivity index (χ4v) is 2.79. The number of nitrogen functional groups attached to an aromatic ring is 1. The van der Waals surface area contributed by atoms with Crippen molar-refractivity contribution in [1.29, 1.82) is 0 Å². The van der Waals surface area contributed by atoms with Crippen molar-refractivity contribution in [3.8, 4) is 0 Å². The Hall–Kier alpha value is -1.87. The van der Waals surface area contributed by atoms with Gasteiger partial charge in [0.15, 0.2) is 0 Å². The topological polar surface area (TPSA) is 42.1 Å². The van der Waals surface area contributed by atoms with Crippen LogP contribution in [0.4, 0.5) is 5.82 Å². The van der Waals surface area contributed by atoms with Crippen molar-refractivity contribution in [3.05, 3.63) is 59.8 Å². The summed E-state index contributed by atoms with van der Waals surface area (Å²) < 4.78 is 0. The van der Waals surface area contributed by atoms with Crippen LogP contribution in [-0.4, -0.2) is 23.0 Å². The lowest BCUT2D eigenvalue weighted by Gasteiger charge is -2.15. The molecule has 0 saturated carbocycles. The highest BCUT2D eigenvalue weighted by atomic mass is 15.2. The number of nitrogens with zero attached hydrogens (tertiary/aromatic N) is 2. The molecule has 0 amide bonds. The summed E-state index contributed by atoms with van der Waals surface area (Å²) in [5, 5.41) is 0. The Bertz CT molecular complexity index is 539. The van der Waals surface area contributed by atoms with Crippen molar-refractivity contribution < 1.29 is 0 Å². The molecule has 1 fully saturated rings. The Labute approximate surface area is 114 Å². The van der Waals surface area contributed by atoms with Crippen LogP contribution in [-0.2, 0) is 6.54 Å². The normalized spacial score (nSPS) is 19.7. The van der Waals surface area contributed by atoms with Gasteiger partial charge in [0.25, 0.3) is 0 Å². The Balaban J connectivity index is 1.63. The zero-order chi connectivity index (χ0) is 13.1. The lowest BCUT2D eigenvalue weighted by molar-refractivity contribution is 0.323. The van der Waals surface area contributed by atoms with Gasteiger partial charge in [-0.2, -0.15) is 0 Å². The van der Waals surface area contributed by atoms with Crippen LogP contribution in [0.2, 0.25) is 0 Å². The minimum atomic E-state index is 0.608. The quantitative estimate of drug-likeness (QED) is 0.914. The third kappa shape index (κ3) is 2.93. The molecule has 98 valence electrons. The lowest BCUT2D eigenvalue weighted by atomic mass is 9.99. The van der Waals surface area contributed by atoms with Crippen LogP contribution in [0.15, 0.2) is 48.5 Å². The van der Waals surface area contributed by atoms with Crippen molar-refractivity contribution in [2.24, 2.45) is 0 Å². The monoisotopic (exact) mass is 253 g/mol. The zero-order valence-electron chi connectivity index (χ0n) is 11.0. The van der Waals surface area contributed by atoms with E-state index in [0.717, 1.165) is 25.3 Å². The van der Waals surface area contributed by atoms with Crippen LogP contribution in [0.1, 0.15) is 23.6 Å². The summed E-state index contributed by atoms with van der Waals surface area (Å²) in [6.07, 6.45) is 1.23. The Morgan fingerprint density at radius 1 is 1.11 bits per heavy atom. The van der Waals surface area contributed by atoms with Gasteiger partial charge in [-0.15, -0.1) is 0 Å². The first-order valence-electron chi connectivity index (χ1n) is 6.80. The summed E-state index contributed by atoms with van der Waals surface area (Å²) in [5.74, 6) is 1.26. The molecule has 1 aromatic heterocycles. The van der Waals surface area contributed by atoms with Crippen LogP contribution in [0.25, 0.3) is 0 Å². The van der Waals surface area contributed by atoms with Gasteiger partial charge in [-0.05, 0) is 36.6 Å². The summed E-state index contributed by atoms with van der Waals surface area (Å²) in [4.78, 5) is 6.83. The molecule has 0 aliphatic carbocycles. The summed E-state index contributed by atoms with van der Waals surface area (Å²) in [7, 11) is 0. The van der Waals surface area contributed by atoms with Crippen LogP contribution >= 0.6 is 0 Å². The molecule has 0 bridgehead atoms. The van der Waals surface area contributed by atoms with Gasteiger partial charge in [0.05, 0.1) is 5.69 Å². The van der Waals surface area contributed by atoms with E-state index in [1.165, 1.54) is 12.0 Å². The largest absolute Gasteiger partial charge is 0.384 e. The molecule has 1 aliphatic heterocycles. The molecule has 1 saturated heterocycles. The fourth-order valence-electron chi connectivity index (χ4n) is 2.79. The van der Waals surface area contributed by atoms with Crippen molar-refractivity contribution in [2.75, 3.05) is 18.8 Å². The number of aromatic nitrogens is 1. The average molecular weight is 253 g/mol. The van der Waals surface area contributed by atoms with Gasteiger partial charge in [-0.1, -0.05) is 36.4 Å². The fraction of sp³-hybridized carbons (Fsp3) is 0.312. The standard InChI is InChI=1S/C16H19N3/c17-16-8-4-7-15(18-16)12-19-10-9-14(11-19)13-5-2-1-3-6-13/h1-8,14H,9-12H2,(H2,17,18).